The van der Waals surface area contributed by atoms with Crippen LogP contribution in [0.25, 0.3) is 0 Å². The first-order valence-corrected chi connectivity index (χ1v) is 13.0. The lowest BCUT2D eigenvalue weighted by Crippen LogP contribution is -2.48. The summed E-state index contributed by atoms with van der Waals surface area (Å²) in [5, 5.41) is 0. The van der Waals surface area contributed by atoms with E-state index in [-0.39, 0.29) is 24.4 Å². The fraction of sp³-hybridized carbons (Fsp3) is 0.586. The van der Waals surface area contributed by atoms with Crippen molar-refractivity contribution in [2.45, 2.75) is 86.4 Å². The van der Waals surface area contributed by atoms with Crippen molar-refractivity contribution in [2.24, 2.45) is 5.41 Å². The average Bonchev–Trinajstić information content (AvgIpc) is 3.26. The number of benzene rings is 1. The molecule has 6 heteroatoms. The number of nitrogens with zero attached hydrogens (tertiary/aromatic N) is 3. The molecule has 6 nitrogen and oxygen atoms in total. The van der Waals surface area contributed by atoms with Gasteiger partial charge in [0.15, 0.2) is 0 Å². The van der Waals surface area contributed by atoms with Crippen molar-refractivity contribution in [3.63, 3.8) is 0 Å². The Morgan fingerprint density at radius 2 is 1.83 bits per heavy atom. The predicted molar refractivity (Wildman–Crippen MR) is 142 cm³/mol. The van der Waals surface area contributed by atoms with Gasteiger partial charge in [-0.15, -0.1) is 0 Å². The number of unbranched alkanes of at least 4 members (excludes halogenated alkanes) is 2. The van der Waals surface area contributed by atoms with Crippen LogP contribution >= 0.6 is 0 Å². The zero-order valence-electron chi connectivity index (χ0n) is 22.8. The number of hydrogen-bond donors (Lipinski definition) is 0. The van der Waals surface area contributed by atoms with Gasteiger partial charge < -0.3 is 19.1 Å². The molecule has 2 aromatic rings. The van der Waals surface area contributed by atoms with Gasteiger partial charge in [0.2, 0.25) is 11.8 Å². The van der Waals surface area contributed by atoms with Crippen LogP contribution in [-0.2, 0) is 22.7 Å². The molecule has 0 spiro atoms. The van der Waals surface area contributed by atoms with Crippen molar-refractivity contribution in [3.8, 4) is 5.75 Å². The van der Waals surface area contributed by atoms with Crippen LogP contribution in [-0.4, -0.2) is 52.4 Å². The van der Waals surface area contributed by atoms with E-state index in [0.29, 0.717) is 19.6 Å². The molecule has 1 aromatic carbocycles. The summed E-state index contributed by atoms with van der Waals surface area (Å²) in [4.78, 5) is 30.4. The minimum atomic E-state index is -0.515. The minimum Gasteiger partial charge on any atom is -0.497 e. The fourth-order valence-corrected chi connectivity index (χ4v) is 4.13. The summed E-state index contributed by atoms with van der Waals surface area (Å²) in [6.07, 6.45) is 5.95. The fourth-order valence-electron chi connectivity index (χ4n) is 4.13. The number of rotatable bonds is 13. The molecule has 2 amide bonds. The van der Waals surface area contributed by atoms with Gasteiger partial charge in [0, 0.05) is 36.4 Å². The summed E-state index contributed by atoms with van der Waals surface area (Å²) >= 11 is 0. The second kappa shape index (κ2) is 13.4. The van der Waals surface area contributed by atoms with E-state index in [1.54, 1.807) is 12.0 Å². The highest BCUT2D eigenvalue weighted by molar-refractivity contribution is 5.87. The van der Waals surface area contributed by atoms with E-state index in [2.05, 4.69) is 37.5 Å². The van der Waals surface area contributed by atoms with Gasteiger partial charge in [-0.05, 0) is 49.6 Å². The van der Waals surface area contributed by atoms with Crippen molar-refractivity contribution >= 4 is 11.8 Å². The molecule has 1 atom stereocenters. The van der Waals surface area contributed by atoms with Crippen LogP contribution in [0.4, 0.5) is 0 Å². The van der Waals surface area contributed by atoms with Crippen molar-refractivity contribution < 1.29 is 14.3 Å². The number of carbonyl (C=O) groups is 2. The van der Waals surface area contributed by atoms with Gasteiger partial charge >= 0.3 is 0 Å². The van der Waals surface area contributed by atoms with Gasteiger partial charge in [-0.3, -0.25) is 9.59 Å². The van der Waals surface area contributed by atoms with Gasteiger partial charge in [-0.25, -0.2) is 0 Å². The molecule has 0 saturated heterocycles. The Hall–Kier alpha value is -2.76. The van der Waals surface area contributed by atoms with E-state index in [4.69, 9.17) is 4.74 Å². The number of methoxy groups -OCH3 is 1. The standard InChI is InChI=1S/C29H45N3O3/c1-8-10-11-17-31(28(34)29(4,5)6)22-27(33)32(23(3)9-2)21-25-15-13-18-30(25)20-24-14-12-16-26(19-24)35-7/h12-16,18-19,23H,8-11,17,20-22H2,1-7H3. The third kappa shape index (κ3) is 8.44. The maximum absolute atomic E-state index is 13.6. The Balaban J connectivity index is 2.21. The zero-order valence-corrected chi connectivity index (χ0v) is 22.8. The second-order valence-corrected chi connectivity index (χ2v) is 10.4. The normalized spacial score (nSPS) is 12.3. The van der Waals surface area contributed by atoms with Gasteiger partial charge in [0.1, 0.15) is 5.75 Å². The lowest BCUT2D eigenvalue weighted by atomic mass is 9.94. The van der Waals surface area contributed by atoms with Gasteiger partial charge in [-0.2, -0.15) is 0 Å². The maximum atomic E-state index is 13.6. The SMILES string of the molecule is CCCCCN(CC(=O)N(Cc1cccn1Cc1cccc(OC)c1)C(C)CC)C(=O)C(C)(C)C. The molecule has 0 N–H and O–H groups in total. The number of amides is 2. The summed E-state index contributed by atoms with van der Waals surface area (Å²) < 4.78 is 7.54. The second-order valence-electron chi connectivity index (χ2n) is 10.4. The molecule has 0 aliphatic carbocycles. The Labute approximate surface area is 212 Å². The summed E-state index contributed by atoms with van der Waals surface area (Å²) in [6, 6.07) is 12.2. The highest BCUT2D eigenvalue weighted by Gasteiger charge is 2.30. The van der Waals surface area contributed by atoms with E-state index < -0.39 is 5.41 Å². The molecule has 1 unspecified atom stereocenters. The molecule has 1 aromatic heterocycles. The number of aromatic nitrogens is 1. The van der Waals surface area contributed by atoms with Crippen molar-refractivity contribution in [3.05, 3.63) is 53.9 Å². The monoisotopic (exact) mass is 483 g/mol. The number of ether oxygens (including phenoxy) is 1. The van der Waals surface area contributed by atoms with E-state index in [0.717, 1.165) is 42.7 Å². The molecule has 35 heavy (non-hydrogen) atoms. The van der Waals surface area contributed by atoms with Crippen LogP contribution in [0.2, 0.25) is 0 Å². The van der Waals surface area contributed by atoms with Crippen LogP contribution in [0, 0.1) is 5.41 Å². The van der Waals surface area contributed by atoms with E-state index in [9.17, 15) is 9.59 Å². The molecule has 194 valence electrons. The maximum Gasteiger partial charge on any atom is 0.242 e. The molecular formula is C29H45N3O3. The molecule has 0 aliphatic rings. The quantitative estimate of drug-likeness (QED) is 0.342. The number of hydrogen-bond acceptors (Lipinski definition) is 3. The third-order valence-electron chi connectivity index (χ3n) is 6.47. The Morgan fingerprint density at radius 1 is 1.09 bits per heavy atom. The van der Waals surface area contributed by atoms with E-state index >= 15 is 0 Å². The first-order chi connectivity index (χ1) is 16.6. The van der Waals surface area contributed by atoms with Crippen LogP contribution in [0.3, 0.4) is 0 Å². The van der Waals surface area contributed by atoms with Crippen molar-refractivity contribution in [1.29, 1.82) is 0 Å². The Morgan fingerprint density at radius 3 is 2.46 bits per heavy atom. The Bertz CT molecular complexity index is 945. The minimum absolute atomic E-state index is 0.00239. The zero-order chi connectivity index (χ0) is 26.0. The highest BCUT2D eigenvalue weighted by Crippen LogP contribution is 2.20. The smallest absolute Gasteiger partial charge is 0.242 e. The van der Waals surface area contributed by atoms with Crippen LogP contribution in [0.5, 0.6) is 5.75 Å². The molecule has 0 saturated carbocycles. The molecule has 1 heterocycles. The molecule has 2 rings (SSSR count). The summed E-state index contributed by atoms with van der Waals surface area (Å²) in [7, 11) is 1.67. The van der Waals surface area contributed by atoms with Crippen LogP contribution in [0.1, 0.15) is 78.5 Å². The first kappa shape index (κ1) is 28.5. The predicted octanol–water partition coefficient (Wildman–Crippen LogP) is 5.74. The highest BCUT2D eigenvalue weighted by atomic mass is 16.5. The van der Waals surface area contributed by atoms with E-state index in [1.807, 2.05) is 56.1 Å². The molecule has 0 radical (unpaired) electrons. The molecule has 0 fully saturated rings. The molecule has 0 bridgehead atoms. The lowest BCUT2D eigenvalue weighted by Gasteiger charge is -2.34. The van der Waals surface area contributed by atoms with Gasteiger partial charge in [-0.1, -0.05) is 59.6 Å². The third-order valence-corrected chi connectivity index (χ3v) is 6.47. The van der Waals surface area contributed by atoms with Gasteiger partial charge in [0.25, 0.3) is 0 Å². The van der Waals surface area contributed by atoms with Crippen molar-refractivity contribution in [1.82, 2.24) is 14.4 Å². The largest absolute Gasteiger partial charge is 0.497 e. The first-order valence-electron chi connectivity index (χ1n) is 13.0. The number of carbonyl (C=O) groups excluding carboxylic acids is 2. The van der Waals surface area contributed by atoms with Crippen molar-refractivity contribution in [2.75, 3.05) is 20.2 Å². The summed E-state index contributed by atoms with van der Waals surface area (Å²) in [5.41, 5.74) is 1.70. The molecule has 0 aliphatic heterocycles. The lowest BCUT2D eigenvalue weighted by molar-refractivity contribution is -0.146. The average molecular weight is 484 g/mol. The topological polar surface area (TPSA) is 54.8 Å². The van der Waals surface area contributed by atoms with E-state index in [1.165, 1.54) is 0 Å². The molecular weight excluding hydrogens is 438 g/mol. The summed E-state index contributed by atoms with van der Waals surface area (Å²) in [6.45, 7) is 14.0. The van der Waals surface area contributed by atoms with Crippen LogP contribution < -0.4 is 4.74 Å². The van der Waals surface area contributed by atoms with Gasteiger partial charge in [0.05, 0.1) is 20.2 Å². The Kier molecular flexibility index (Phi) is 10.9. The summed E-state index contributed by atoms with van der Waals surface area (Å²) in [5.74, 6) is 0.870. The van der Waals surface area contributed by atoms with Crippen LogP contribution in [0.15, 0.2) is 42.6 Å².